The van der Waals surface area contributed by atoms with Crippen LogP contribution in [0.4, 0.5) is 0 Å². The van der Waals surface area contributed by atoms with E-state index in [1.165, 1.54) is 55.9 Å². The quantitative estimate of drug-likeness (QED) is 0.631. The van der Waals surface area contributed by atoms with E-state index in [-0.39, 0.29) is 19.0 Å². The zero-order valence-corrected chi connectivity index (χ0v) is 11.4. The van der Waals surface area contributed by atoms with E-state index in [9.17, 15) is 0 Å². The van der Waals surface area contributed by atoms with E-state index in [2.05, 4.69) is 17.0 Å². The van der Waals surface area contributed by atoms with Crippen LogP contribution in [0.25, 0.3) is 0 Å². The Morgan fingerprint density at radius 3 is 1.94 bits per heavy atom. The van der Waals surface area contributed by atoms with Crippen LogP contribution in [0.2, 0.25) is 0 Å². The molecule has 1 N–H and O–H groups in total. The molecule has 18 heavy (non-hydrogen) atoms. The molecule has 3 saturated heterocycles. The van der Waals surface area contributed by atoms with Gasteiger partial charge in [0.25, 0.3) is 0 Å². The summed E-state index contributed by atoms with van der Waals surface area (Å²) in [4.78, 5) is 2.58. The first-order valence-electron chi connectivity index (χ1n) is 6.56. The molecule has 0 amide bonds. The Balaban J connectivity index is 0.00000120. The summed E-state index contributed by atoms with van der Waals surface area (Å²) in [6, 6.07) is 8.46. The van der Waals surface area contributed by atoms with Gasteiger partial charge in [-0.15, -0.1) is 0 Å². The van der Waals surface area contributed by atoms with Crippen molar-refractivity contribution in [3.63, 3.8) is 0 Å². The summed E-state index contributed by atoms with van der Waals surface area (Å²) in [5, 5.41) is 9.04. The van der Waals surface area contributed by atoms with Crippen LogP contribution < -0.4 is 12.4 Å². The van der Waals surface area contributed by atoms with Gasteiger partial charge in [-0.3, -0.25) is 4.90 Å². The molecule has 0 aliphatic carbocycles. The third-order valence-electron chi connectivity index (χ3n) is 4.40. The average Bonchev–Trinajstić information content (AvgIpc) is 2.41. The van der Waals surface area contributed by atoms with Crippen molar-refractivity contribution in [2.24, 2.45) is 0 Å². The lowest BCUT2D eigenvalue weighted by atomic mass is 10.1. The Bertz CT molecular complexity index is 372. The Hall–Kier alpha value is -0.610. The van der Waals surface area contributed by atoms with Crippen molar-refractivity contribution in [2.75, 3.05) is 39.3 Å². The summed E-state index contributed by atoms with van der Waals surface area (Å²) < 4.78 is 1.27. The van der Waals surface area contributed by atoms with Crippen LogP contribution in [0, 0.1) is 0 Å². The number of fused-ring (bicyclic) bond motifs is 3. The average molecular weight is 269 g/mol. The molecule has 0 aromatic heterocycles. The number of hydrogen-bond donors (Lipinski definition) is 1. The van der Waals surface area contributed by atoms with Gasteiger partial charge >= 0.3 is 0 Å². The Kier molecular flexibility index (Phi) is 4.28. The molecular formula is C14H21ClN2O. The van der Waals surface area contributed by atoms with Gasteiger partial charge in [-0.2, -0.15) is 0 Å². The summed E-state index contributed by atoms with van der Waals surface area (Å²) >= 11 is 0. The van der Waals surface area contributed by atoms with Gasteiger partial charge in [0.15, 0.2) is 0 Å². The molecule has 1 aromatic carbocycles. The summed E-state index contributed by atoms with van der Waals surface area (Å²) in [7, 11) is 0. The normalized spacial score (nSPS) is 29.9. The topological polar surface area (TPSA) is 23.5 Å². The maximum atomic E-state index is 9.04. The number of piperazine rings is 3. The molecule has 0 spiro atoms. The van der Waals surface area contributed by atoms with Crippen LogP contribution in [0.3, 0.4) is 0 Å². The lowest BCUT2D eigenvalue weighted by Crippen LogP contribution is -3.00. The predicted molar refractivity (Wildman–Crippen MR) is 67.4 cm³/mol. The minimum absolute atomic E-state index is 0. The molecule has 4 rings (SSSR count). The SMILES string of the molecule is OCc1ccc(C[N+]23CCN(CC2)CC3)cc1.[Cl-]. The minimum atomic E-state index is 0. The van der Waals surface area contributed by atoms with Crippen LogP contribution in [0.1, 0.15) is 11.1 Å². The number of aliphatic hydroxyl groups excluding tert-OH is 1. The van der Waals surface area contributed by atoms with E-state index in [0.717, 1.165) is 5.56 Å². The van der Waals surface area contributed by atoms with Crippen molar-refractivity contribution in [3.8, 4) is 0 Å². The summed E-state index contributed by atoms with van der Waals surface area (Å²) in [6.45, 7) is 9.05. The second-order valence-corrected chi connectivity index (χ2v) is 5.49. The van der Waals surface area contributed by atoms with E-state index < -0.39 is 0 Å². The highest BCUT2D eigenvalue weighted by atomic mass is 35.5. The maximum absolute atomic E-state index is 9.04. The van der Waals surface area contributed by atoms with Crippen molar-refractivity contribution in [2.45, 2.75) is 13.2 Å². The first-order valence-corrected chi connectivity index (χ1v) is 6.56. The van der Waals surface area contributed by atoms with Crippen molar-refractivity contribution in [1.82, 2.24) is 4.90 Å². The number of quaternary nitrogens is 1. The molecule has 0 saturated carbocycles. The molecule has 0 radical (unpaired) electrons. The number of halogens is 1. The van der Waals surface area contributed by atoms with Crippen LogP contribution >= 0.6 is 0 Å². The van der Waals surface area contributed by atoms with Crippen LogP contribution in [-0.2, 0) is 13.2 Å². The van der Waals surface area contributed by atoms with E-state index in [4.69, 9.17) is 5.11 Å². The highest BCUT2D eigenvalue weighted by Gasteiger charge is 2.38. The standard InChI is InChI=1S/C14H21N2O.ClH/c17-12-14-3-1-13(2-4-14)11-16-8-5-15(6-9-16)7-10-16;/h1-4,17H,5-12H2;1H/q+1;/p-1. The van der Waals surface area contributed by atoms with Crippen molar-refractivity contribution in [1.29, 1.82) is 0 Å². The number of hydrogen-bond acceptors (Lipinski definition) is 2. The number of aliphatic hydroxyl groups is 1. The Morgan fingerprint density at radius 1 is 0.944 bits per heavy atom. The molecule has 0 unspecified atom stereocenters. The second-order valence-electron chi connectivity index (χ2n) is 5.49. The molecule has 3 aliphatic rings. The van der Waals surface area contributed by atoms with E-state index in [1.54, 1.807) is 0 Å². The largest absolute Gasteiger partial charge is 1.00 e. The first-order chi connectivity index (χ1) is 8.30. The fourth-order valence-corrected chi connectivity index (χ4v) is 3.11. The monoisotopic (exact) mass is 268 g/mol. The van der Waals surface area contributed by atoms with Crippen LogP contribution in [-0.4, -0.2) is 53.8 Å². The molecule has 3 aliphatic heterocycles. The number of benzene rings is 1. The molecule has 3 nitrogen and oxygen atoms in total. The van der Waals surface area contributed by atoms with Crippen molar-refractivity contribution in [3.05, 3.63) is 35.4 Å². The van der Waals surface area contributed by atoms with Gasteiger partial charge in [0, 0.05) is 25.2 Å². The highest BCUT2D eigenvalue weighted by Crippen LogP contribution is 2.23. The van der Waals surface area contributed by atoms with Crippen molar-refractivity contribution < 1.29 is 22.0 Å². The zero-order chi connectivity index (χ0) is 11.7. The molecule has 3 heterocycles. The first kappa shape index (κ1) is 13.8. The summed E-state index contributed by atoms with van der Waals surface area (Å²) in [5.74, 6) is 0. The molecule has 0 atom stereocenters. The van der Waals surface area contributed by atoms with Gasteiger partial charge in [0.2, 0.25) is 0 Å². The maximum Gasteiger partial charge on any atom is 0.104 e. The van der Waals surface area contributed by atoms with E-state index in [1.807, 2.05) is 12.1 Å². The molecule has 100 valence electrons. The number of nitrogens with zero attached hydrogens (tertiary/aromatic N) is 2. The highest BCUT2D eigenvalue weighted by molar-refractivity contribution is 5.21. The molecule has 4 heteroatoms. The van der Waals surface area contributed by atoms with E-state index in [0.29, 0.717) is 0 Å². The van der Waals surface area contributed by atoms with Gasteiger partial charge in [-0.1, -0.05) is 24.3 Å². The molecule has 1 aromatic rings. The van der Waals surface area contributed by atoms with Gasteiger partial charge < -0.3 is 22.0 Å². The van der Waals surface area contributed by atoms with Crippen molar-refractivity contribution >= 4 is 0 Å². The molecule has 3 fully saturated rings. The van der Waals surface area contributed by atoms with Gasteiger partial charge in [0.1, 0.15) is 6.54 Å². The smallest absolute Gasteiger partial charge is 0.104 e. The lowest BCUT2D eigenvalue weighted by molar-refractivity contribution is -0.953. The predicted octanol–water partition coefficient (Wildman–Crippen LogP) is -2.17. The zero-order valence-electron chi connectivity index (χ0n) is 10.7. The van der Waals surface area contributed by atoms with Gasteiger partial charge in [0.05, 0.1) is 26.2 Å². The second kappa shape index (κ2) is 5.57. The number of rotatable bonds is 3. The van der Waals surface area contributed by atoms with Crippen LogP contribution in [0.15, 0.2) is 24.3 Å². The van der Waals surface area contributed by atoms with Gasteiger partial charge in [-0.25, -0.2) is 0 Å². The fourth-order valence-electron chi connectivity index (χ4n) is 3.11. The summed E-state index contributed by atoms with van der Waals surface area (Å²) in [5.41, 5.74) is 2.43. The fraction of sp³-hybridized carbons (Fsp3) is 0.571. The Morgan fingerprint density at radius 2 is 1.44 bits per heavy atom. The lowest BCUT2D eigenvalue weighted by Gasteiger charge is -2.50. The molecular weight excluding hydrogens is 248 g/mol. The third-order valence-corrected chi connectivity index (χ3v) is 4.40. The minimum Gasteiger partial charge on any atom is -1.00 e. The summed E-state index contributed by atoms with van der Waals surface area (Å²) in [6.07, 6.45) is 0. The molecule has 2 bridgehead atoms. The third kappa shape index (κ3) is 2.69. The van der Waals surface area contributed by atoms with Crippen LogP contribution in [0.5, 0.6) is 0 Å². The van der Waals surface area contributed by atoms with E-state index >= 15 is 0 Å². The van der Waals surface area contributed by atoms with Gasteiger partial charge in [-0.05, 0) is 5.56 Å². The Labute approximate surface area is 115 Å².